The lowest BCUT2D eigenvalue weighted by Crippen LogP contribution is -2.40. The summed E-state index contributed by atoms with van der Waals surface area (Å²) in [6, 6.07) is 9.49. The first-order valence-electron chi connectivity index (χ1n) is 6.12. The molecule has 0 unspecified atom stereocenters. The minimum Gasteiger partial charge on any atom is -0.350 e. The van der Waals surface area contributed by atoms with Gasteiger partial charge in [-0.25, -0.2) is 13.2 Å². The van der Waals surface area contributed by atoms with Gasteiger partial charge in [-0.1, -0.05) is 28.8 Å². The second-order valence-corrected chi connectivity index (χ2v) is 6.49. The Kier molecular flexibility index (Phi) is 4.75. The molecule has 0 aliphatic heterocycles. The first kappa shape index (κ1) is 16.6. The van der Waals surface area contributed by atoms with Crippen LogP contribution < -0.4 is 10.0 Å². The molecule has 8 nitrogen and oxygen atoms in total. The Labute approximate surface area is 136 Å². The number of azide groups is 1. The molecule has 0 fully saturated rings. The molecule has 0 atom stereocenters. The van der Waals surface area contributed by atoms with Gasteiger partial charge < -0.3 is 5.73 Å². The van der Waals surface area contributed by atoms with Crippen molar-refractivity contribution in [3.05, 3.63) is 64.0 Å². The number of sulfonamides is 1. The summed E-state index contributed by atoms with van der Waals surface area (Å²) < 4.78 is 25.7. The summed E-state index contributed by atoms with van der Waals surface area (Å²) in [5.41, 5.74) is 13.9. The molecule has 0 aliphatic rings. The average molecular weight is 352 g/mol. The minimum atomic E-state index is -4.22. The van der Waals surface area contributed by atoms with Crippen molar-refractivity contribution in [1.82, 2.24) is 0 Å². The number of carbonyl (C=O) groups excluding carboxylic acids is 1. The van der Waals surface area contributed by atoms with Crippen LogP contribution >= 0.6 is 11.6 Å². The van der Waals surface area contributed by atoms with E-state index in [2.05, 4.69) is 10.0 Å². The standard InChI is InChI=1S/C13H10ClN5O3S/c14-9-1-5-11(6-2-9)19(13(15)20)23(21,22)12-7-3-10(4-8-12)17-18-16/h1-8H,(H2,15,20). The van der Waals surface area contributed by atoms with Gasteiger partial charge in [0.25, 0.3) is 10.0 Å². The number of benzene rings is 2. The highest BCUT2D eigenvalue weighted by Crippen LogP contribution is 2.26. The summed E-state index contributed by atoms with van der Waals surface area (Å²) in [6.07, 6.45) is 0. The molecule has 0 bridgehead atoms. The van der Waals surface area contributed by atoms with Crippen LogP contribution in [0.5, 0.6) is 0 Å². The second-order valence-electron chi connectivity index (χ2n) is 4.27. The Bertz CT molecular complexity index is 875. The minimum absolute atomic E-state index is 0.0565. The molecule has 10 heteroatoms. The van der Waals surface area contributed by atoms with Gasteiger partial charge in [0.05, 0.1) is 10.6 Å². The van der Waals surface area contributed by atoms with Gasteiger partial charge in [0.2, 0.25) is 0 Å². The molecule has 23 heavy (non-hydrogen) atoms. The molecule has 0 saturated heterocycles. The molecule has 2 N–H and O–H groups in total. The highest BCUT2D eigenvalue weighted by molar-refractivity contribution is 7.93. The van der Waals surface area contributed by atoms with Gasteiger partial charge in [-0.3, -0.25) is 0 Å². The molecule has 118 valence electrons. The Hall–Kier alpha value is -2.74. The van der Waals surface area contributed by atoms with Gasteiger partial charge in [0, 0.05) is 15.6 Å². The fourth-order valence-electron chi connectivity index (χ4n) is 1.80. The van der Waals surface area contributed by atoms with Crippen LogP contribution in [0, 0.1) is 0 Å². The van der Waals surface area contributed by atoms with Gasteiger partial charge in [-0.2, -0.15) is 4.31 Å². The summed E-state index contributed by atoms with van der Waals surface area (Å²) in [5, 5.41) is 3.73. The Morgan fingerprint density at radius 3 is 2.17 bits per heavy atom. The van der Waals surface area contributed by atoms with Crippen molar-refractivity contribution in [3.63, 3.8) is 0 Å². The number of rotatable bonds is 4. The lowest BCUT2D eigenvalue weighted by molar-refractivity contribution is 0.257. The fraction of sp³-hybridized carbons (Fsp3) is 0. The zero-order valence-electron chi connectivity index (χ0n) is 11.5. The van der Waals surface area contributed by atoms with Crippen LogP contribution in [-0.2, 0) is 10.0 Å². The van der Waals surface area contributed by atoms with Crippen molar-refractivity contribution in [2.24, 2.45) is 10.8 Å². The van der Waals surface area contributed by atoms with Crippen LogP contribution in [0.1, 0.15) is 0 Å². The van der Waals surface area contributed by atoms with Gasteiger partial charge in [0.15, 0.2) is 0 Å². The number of anilines is 1. The first-order chi connectivity index (χ1) is 10.9. The fourth-order valence-corrected chi connectivity index (χ4v) is 3.26. The summed E-state index contributed by atoms with van der Waals surface area (Å²) in [6.45, 7) is 0. The van der Waals surface area contributed by atoms with Crippen LogP contribution in [0.15, 0.2) is 58.5 Å². The number of urea groups is 1. The molecular formula is C13H10ClN5O3S. The van der Waals surface area contributed by atoms with E-state index in [-0.39, 0.29) is 16.3 Å². The Morgan fingerprint density at radius 2 is 1.70 bits per heavy atom. The molecule has 0 saturated carbocycles. The smallest absolute Gasteiger partial charge is 0.333 e. The van der Waals surface area contributed by atoms with Crippen molar-refractivity contribution in [2.75, 3.05) is 4.31 Å². The highest BCUT2D eigenvalue weighted by Gasteiger charge is 2.29. The summed E-state index contributed by atoms with van der Waals surface area (Å²) in [5.74, 6) is 0. The van der Waals surface area contributed by atoms with Gasteiger partial charge in [-0.05, 0) is 41.9 Å². The SMILES string of the molecule is [N-]=[N+]=Nc1ccc(S(=O)(=O)N(C(N)=O)c2ccc(Cl)cc2)cc1. The van der Waals surface area contributed by atoms with Crippen molar-refractivity contribution in [1.29, 1.82) is 0 Å². The Balaban J connectivity index is 2.50. The van der Waals surface area contributed by atoms with E-state index in [0.29, 0.717) is 9.33 Å². The van der Waals surface area contributed by atoms with Crippen molar-refractivity contribution < 1.29 is 13.2 Å². The molecule has 2 aromatic carbocycles. The maximum atomic E-state index is 12.6. The predicted molar refractivity (Wildman–Crippen MR) is 85.9 cm³/mol. The van der Waals surface area contributed by atoms with Crippen molar-refractivity contribution in [3.8, 4) is 0 Å². The van der Waals surface area contributed by atoms with E-state index in [1.165, 1.54) is 48.5 Å². The van der Waals surface area contributed by atoms with Gasteiger partial charge in [-0.15, -0.1) is 0 Å². The van der Waals surface area contributed by atoms with Crippen LogP contribution in [0.4, 0.5) is 16.2 Å². The lowest BCUT2D eigenvalue weighted by Gasteiger charge is -2.20. The summed E-state index contributed by atoms with van der Waals surface area (Å²) >= 11 is 5.75. The third-order valence-corrected chi connectivity index (χ3v) is 4.79. The monoisotopic (exact) mass is 351 g/mol. The van der Waals surface area contributed by atoms with E-state index >= 15 is 0 Å². The molecule has 0 spiro atoms. The molecule has 2 amide bonds. The first-order valence-corrected chi connectivity index (χ1v) is 7.93. The molecule has 2 rings (SSSR count). The number of amides is 2. The van der Waals surface area contributed by atoms with Crippen LogP contribution in [0.25, 0.3) is 10.4 Å². The van der Waals surface area contributed by atoms with E-state index in [4.69, 9.17) is 22.9 Å². The van der Waals surface area contributed by atoms with Crippen molar-refractivity contribution in [2.45, 2.75) is 4.90 Å². The average Bonchev–Trinajstić information content (AvgIpc) is 2.50. The van der Waals surface area contributed by atoms with E-state index in [9.17, 15) is 13.2 Å². The maximum Gasteiger partial charge on any atom is 0.333 e. The molecular weight excluding hydrogens is 342 g/mol. The van der Waals surface area contributed by atoms with E-state index in [0.717, 1.165) is 0 Å². The van der Waals surface area contributed by atoms with E-state index < -0.39 is 16.1 Å². The second kappa shape index (κ2) is 6.57. The maximum absolute atomic E-state index is 12.6. The quantitative estimate of drug-likeness (QED) is 0.513. The number of primary amides is 1. The number of hydrogen-bond donors (Lipinski definition) is 1. The molecule has 0 aromatic heterocycles. The number of nitrogens with zero attached hydrogens (tertiary/aromatic N) is 4. The number of carbonyl (C=O) groups is 1. The predicted octanol–water partition coefficient (Wildman–Crippen LogP) is 3.56. The van der Waals surface area contributed by atoms with E-state index in [1.807, 2.05) is 0 Å². The highest BCUT2D eigenvalue weighted by atomic mass is 35.5. The Morgan fingerprint density at radius 1 is 1.13 bits per heavy atom. The van der Waals surface area contributed by atoms with Crippen LogP contribution in [0.2, 0.25) is 5.02 Å². The molecule has 2 aromatic rings. The van der Waals surface area contributed by atoms with E-state index in [1.54, 1.807) is 0 Å². The lowest BCUT2D eigenvalue weighted by atomic mass is 10.3. The third-order valence-electron chi connectivity index (χ3n) is 2.80. The van der Waals surface area contributed by atoms with Gasteiger partial charge >= 0.3 is 6.03 Å². The van der Waals surface area contributed by atoms with Gasteiger partial charge in [0.1, 0.15) is 0 Å². The number of hydrogen-bond acceptors (Lipinski definition) is 4. The third kappa shape index (κ3) is 3.54. The largest absolute Gasteiger partial charge is 0.350 e. The molecule has 0 heterocycles. The zero-order valence-corrected chi connectivity index (χ0v) is 13.1. The molecule has 0 aliphatic carbocycles. The van der Waals surface area contributed by atoms with Crippen molar-refractivity contribution >= 4 is 39.0 Å². The normalized spacial score (nSPS) is 10.7. The number of halogens is 1. The molecule has 0 radical (unpaired) electrons. The van der Waals surface area contributed by atoms with Crippen LogP contribution in [0.3, 0.4) is 0 Å². The summed E-state index contributed by atoms with van der Waals surface area (Å²) in [7, 11) is -4.22. The number of nitrogens with two attached hydrogens (primary N) is 1. The zero-order chi connectivity index (χ0) is 17.0. The summed E-state index contributed by atoms with van der Waals surface area (Å²) in [4.78, 5) is 14.1. The topological polar surface area (TPSA) is 129 Å². The van der Waals surface area contributed by atoms with Crippen LogP contribution in [-0.4, -0.2) is 14.4 Å².